The van der Waals surface area contributed by atoms with Crippen LogP contribution < -0.4 is 0 Å². The molecule has 0 spiro atoms. The SMILES string of the molecule is O=C(CN1CCC[C@H]1c1nc2ccccc2s1)N1CCN(S(=O)(=O)Cc2ccccc2)CC1. The quantitative estimate of drug-likeness (QED) is 0.538. The highest BCUT2D eigenvalue weighted by atomic mass is 32.2. The summed E-state index contributed by atoms with van der Waals surface area (Å²) in [6.07, 6.45) is 2.07. The molecule has 174 valence electrons. The number of amides is 1. The first-order valence-corrected chi connectivity index (χ1v) is 13.8. The fourth-order valence-electron chi connectivity index (χ4n) is 4.69. The van der Waals surface area contributed by atoms with E-state index in [0.29, 0.717) is 32.7 Å². The van der Waals surface area contributed by atoms with Crippen molar-refractivity contribution in [2.45, 2.75) is 24.6 Å². The van der Waals surface area contributed by atoms with Crippen LogP contribution in [0.4, 0.5) is 0 Å². The molecule has 0 bridgehead atoms. The van der Waals surface area contributed by atoms with Crippen molar-refractivity contribution in [2.75, 3.05) is 39.3 Å². The molecule has 3 heterocycles. The van der Waals surface area contributed by atoms with Crippen molar-refractivity contribution in [1.82, 2.24) is 19.1 Å². The second-order valence-electron chi connectivity index (χ2n) is 8.67. The van der Waals surface area contributed by atoms with Gasteiger partial charge in [-0.05, 0) is 37.1 Å². The molecule has 1 amide bonds. The molecular weight excluding hydrogens is 456 g/mol. The van der Waals surface area contributed by atoms with E-state index >= 15 is 0 Å². The van der Waals surface area contributed by atoms with Gasteiger partial charge >= 0.3 is 0 Å². The van der Waals surface area contributed by atoms with Gasteiger partial charge in [0.05, 0.1) is 28.6 Å². The Kier molecular flexibility index (Phi) is 6.47. The van der Waals surface area contributed by atoms with Crippen molar-refractivity contribution < 1.29 is 13.2 Å². The van der Waals surface area contributed by atoms with Crippen molar-refractivity contribution in [2.24, 2.45) is 0 Å². The van der Waals surface area contributed by atoms with Crippen LogP contribution in [0.15, 0.2) is 54.6 Å². The van der Waals surface area contributed by atoms with E-state index in [9.17, 15) is 13.2 Å². The average Bonchev–Trinajstić information content (AvgIpc) is 3.46. The number of piperazine rings is 1. The Hall–Kier alpha value is -2.33. The van der Waals surface area contributed by atoms with Crippen molar-refractivity contribution in [3.63, 3.8) is 0 Å². The summed E-state index contributed by atoms with van der Waals surface area (Å²) in [5.74, 6) is 0.0717. The van der Waals surface area contributed by atoms with Crippen LogP contribution in [0.3, 0.4) is 0 Å². The number of rotatable bonds is 6. The topological polar surface area (TPSA) is 73.8 Å². The molecule has 7 nitrogen and oxygen atoms in total. The number of fused-ring (bicyclic) bond motifs is 1. The first kappa shape index (κ1) is 22.5. The molecule has 33 heavy (non-hydrogen) atoms. The Labute approximate surface area is 198 Å². The number of sulfonamides is 1. The van der Waals surface area contributed by atoms with Gasteiger partial charge in [0, 0.05) is 26.2 Å². The van der Waals surface area contributed by atoms with Crippen LogP contribution in [0, 0.1) is 0 Å². The number of carbonyl (C=O) groups excluding carboxylic acids is 1. The van der Waals surface area contributed by atoms with Crippen LogP contribution in [0.2, 0.25) is 0 Å². The minimum atomic E-state index is -3.39. The lowest BCUT2D eigenvalue weighted by Gasteiger charge is -2.35. The number of carbonyl (C=O) groups is 1. The maximum Gasteiger partial charge on any atom is 0.236 e. The Morgan fingerprint density at radius 1 is 0.970 bits per heavy atom. The third-order valence-corrected chi connectivity index (χ3v) is 9.46. The normalized spacial score (nSPS) is 20.5. The fourth-order valence-corrected chi connectivity index (χ4v) is 7.35. The van der Waals surface area contributed by atoms with Gasteiger partial charge in [0.2, 0.25) is 15.9 Å². The monoisotopic (exact) mass is 484 g/mol. The molecule has 9 heteroatoms. The summed E-state index contributed by atoms with van der Waals surface area (Å²) < 4.78 is 28.3. The van der Waals surface area contributed by atoms with E-state index in [1.807, 2.05) is 53.4 Å². The Morgan fingerprint density at radius 3 is 2.45 bits per heavy atom. The molecule has 3 aromatic rings. The van der Waals surface area contributed by atoms with Crippen LogP contribution in [0.5, 0.6) is 0 Å². The highest BCUT2D eigenvalue weighted by molar-refractivity contribution is 7.88. The number of nitrogens with zero attached hydrogens (tertiary/aromatic N) is 4. The number of likely N-dealkylation sites (tertiary alicyclic amines) is 1. The zero-order chi connectivity index (χ0) is 22.8. The van der Waals surface area contributed by atoms with E-state index in [2.05, 4.69) is 11.0 Å². The van der Waals surface area contributed by atoms with Crippen LogP contribution >= 0.6 is 11.3 Å². The van der Waals surface area contributed by atoms with Gasteiger partial charge in [0.25, 0.3) is 0 Å². The lowest BCUT2D eigenvalue weighted by atomic mass is 10.2. The third-order valence-electron chi connectivity index (χ3n) is 6.47. The maximum absolute atomic E-state index is 13.0. The first-order chi connectivity index (χ1) is 16.0. The third kappa shape index (κ3) is 4.96. The highest BCUT2D eigenvalue weighted by Crippen LogP contribution is 2.36. The summed E-state index contributed by atoms with van der Waals surface area (Å²) in [5, 5.41) is 1.08. The molecule has 2 fully saturated rings. The number of aromatic nitrogens is 1. The van der Waals surface area contributed by atoms with Crippen LogP contribution in [0.1, 0.15) is 29.5 Å². The summed E-state index contributed by atoms with van der Waals surface area (Å²) in [5.41, 5.74) is 1.80. The Morgan fingerprint density at radius 2 is 1.70 bits per heavy atom. The van der Waals surface area contributed by atoms with Crippen molar-refractivity contribution in [1.29, 1.82) is 0 Å². The maximum atomic E-state index is 13.0. The van der Waals surface area contributed by atoms with Crippen molar-refractivity contribution >= 4 is 37.5 Å². The Balaban J connectivity index is 1.18. The number of para-hydroxylation sites is 1. The molecule has 1 aromatic heterocycles. The largest absolute Gasteiger partial charge is 0.339 e. The summed E-state index contributed by atoms with van der Waals surface area (Å²) in [6, 6.07) is 17.6. The second-order valence-corrected chi connectivity index (χ2v) is 11.7. The predicted octanol–water partition coefficient (Wildman–Crippen LogP) is 3.11. The van der Waals surface area contributed by atoms with E-state index in [0.717, 1.165) is 35.5 Å². The van der Waals surface area contributed by atoms with Gasteiger partial charge in [-0.1, -0.05) is 42.5 Å². The van der Waals surface area contributed by atoms with Gasteiger partial charge in [-0.2, -0.15) is 4.31 Å². The van der Waals surface area contributed by atoms with Crippen molar-refractivity contribution in [3.05, 3.63) is 65.2 Å². The van der Waals surface area contributed by atoms with Crippen LogP contribution in [-0.4, -0.2) is 72.7 Å². The first-order valence-electron chi connectivity index (χ1n) is 11.4. The van der Waals surface area contributed by atoms with Gasteiger partial charge < -0.3 is 4.90 Å². The molecular formula is C24H28N4O3S2. The smallest absolute Gasteiger partial charge is 0.236 e. The minimum absolute atomic E-state index is 0.000584. The zero-order valence-corrected chi connectivity index (χ0v) is 20.1. The van der Waals surface area contributed by atoms with Crippen LogP contribution in [0.25, 0.3) is 10.2 Å². The molecule has 1 atom stereocenters. The molecule has 5 rings (SSSR count). The van der Waals surface area contributed by atoms with Gasteiger partial charge in [-0.25, -0.2) is 13.4 Å². The van der Waals surface area contributed by atoms with E-state index in [1.54, 1.807) is 11.3 Å². The minimum Gasteiger partial charge on any atom is -0.339 e. The fraction of sp³-hybridized carbons (Fsp3) is 0.417. The molecule has 0 N–H and O–H groups in total. The van der Waals surface area contributed by atoms with Gasteiger partial charge in [-0.15, -0.1) is 11.3 Å². The lowest BCUT2D eigenvalue weighted by Crippen LogP contribution is -2.52. The zero-order valence-electron chi connectivity index (χ0n) is 18.5. The molecule has 2 aromatic carbocycles. The summed E-state index contributed by atoms with van der Waals surface area (Å²) in [4.78, 5) is 21.9. The van der Waals surface area contributed by atoms with E-state index in [4.69, 9.17) is 4.98 Å². The predicted molar refractivity (Wildman–Crippen MR) is 130 cm³/mol. The number of hydrogen-bond acceptors (Lipinski definition) is 6. The number of benzene rings is 2. The molecule has 2 aliphatic rings. The van der Waals surface area contributed by atoms with Gasteiger partial charge in [-0.3, -0.25) is 9.69 Å². The lowest BCUT2D eigenvalue weighted by molar-refractivity contribution is -0.133. The Bertz CT molecular complexity index is 1190. The molecule has 0 aliphatic carbocycles. The van der Waals surface area contributed by atoms with E-state index < -0.39 is 10.0 Å². The number of thiazole rings is 1. The highest BCUT2D eigenvalue weighted by Gasteiger charge is 2.33. The van der Waals surface area contributed by atoms with E-state index in [-0.39, 0.29) is 17.7 Å². The second kappa shape index (κ2) is 9.50. The van der Waals surface area contributed by atoms with Gasteiger partial charge in [0.15, 0.2) is 0 Å². The molecule has 0 radical (unpaired) electrons. The summed E-state index contributed by atoms with van der Waals surface area (Å²) >= 11 is 1.71. The van der Waals surface area contributed by atoms with E-state index in [1.165, 1.54) is 9.01 Å². The van der Waals surface area contributed by atoms with Gasteiger partial charge in [0.1, 0.15) is 5.01 Å². The summed E-state index contributed by atoms with van der Waals surface area (Å²) in [7, 11) is -3.39. The molecule has 2 aliphatic heterocycles. The summed E-state index contributed by atoms with van der Waals surface area (Å²) in [6.45, 7) is 2.82. The number of hydrogen-bond donors (Lipinski definition) is 0. The van der Waals surface area contributed by atoms with Crippen LogP contribution in [-0.2, 0) is 20.6 Å². The molecule has 0 saturated carbocycles. The molecule has 2 saturated heterocycles. The standard InChI is InChI=1S/C24H28N4O3S2/c29-23(17-27-12-6-10-21(27)24-25-20-9-4-5-11-22(20)32-24)26-13-15-28(16-14-26)33(30,31)18-19-7-2-1-3-8-19/h1-5,7-9,11,21H,6,10,12-18H2/t21-/m0/s1. The molecule has 0 unspecified atom stereocenters. The van der Waals surface area contributed by atoms with Crippen molar-refractivity contribution in [3.8, 4) is 0 Å². The average molecular weight is 485 g/mol.